The van der Waals surface area contributed by atoms with Gasteiger partial charge in [-0.05, 0) is 51.1 Å². The zero-order valence-corrected chi connectivity index (χ0v) is 13.8. The van der Waals surface area contributed by atoms with Crippen molar-refractivity contribution in [1.29, 1.82) is 0 Å². The Balaban J connectivity index is 1.88. The Morgan fingerprint density at radius 2 is 2.14 bits per heavy atom. The van der Waals surface area contributed by atoms with Crippen LogP contribution in [-0.4, -0.2) is 35.5 Å². The zero-order chi connectivity index (χ0) is 15.6. The third kappa shape index (κ3) is 4.28. The Labute approximate surface area is 129 Å². The van der Waals surface area contributed by atoms with E-state index in [9.17, 15) is 9.59 Å². The Morgan fingerprint density at radius 3 is 2.81 bits per heavy atom. The minimum Gasteiger partial charge on any atom is -0.333 e. The van der Waals surface area contributed by atoms with E-state index in [-0.39, 0.29) is 24.0 Å². The van der Waals surface area contributed by atoms with Gasteiger partial charge in [0.2, 0.25) is 5.91 Å². The maximum absolute atomic E-state index is 12.0. The van der Waals surface area contributed by atoms with Gasteiger partial charge < -0.3 is 5.32 Å². The molecule has 0 aromatic carbocycles. The average Bonchev–Trinajstić information content (AvgIpc) is 2.79. The molecular weight excluding hydrogens is 286 g/mol. The molecule has 3 amide bonds. The fourth-order valence-corrected chi connectivity index (χ4v) is 3.46. The first-order valence-corrected chi connectivity index (χ1v) is 8.06. The van der Waals surface area contributed by atoms with Gasteiger partial charge in [0.25, 0.3) is 0 Å². The van der Waals surface area contributed by atoms with Crippen molar-refractivity contribution in [2.75, 3.05) is 13.1 Å². The summed E-state index contributed by atoms with van der Waals surface area (Å²) in [6, 6.07) is 1.91. The summed E-state index contributed by atoms with van der Waals surface area (Å²) in [6.45, 7) is 8.83. The maximum atomic E-state index is 12.0. The van der Waals surface area contributed by atoms with Gasteiger partial charge in [-0.2, -0.15) is 0 Å². The molecule has 0 unspecified atom stereocenters. The van der Waals surface area contributed by atoms with E-state index in [0.29, 0.717) is 0 Å². The zero-order valence-electron chi connectivity index (χ0n) is 13.0. The number of urea groups is 1. The highest BCUT2D eigenvalue weighted by molar-refractivity contribution is 7.10. The van der Waals surface area contributed by atoms with Crippen LogP contribution >= 0.6 is 11.3 Å². The predicted octanol–water partition coefficient (Wildman–Crippen LogP) is 2.29. The number of amides is 3. The number of nitrogens with zero attached hydrogens (tertiary/aromatic N) is 1. The largest absolute Gasteiger partial charge is 0.333 e. The van der Waals surface area contributed by atoms with Crippen molar-refractivity contribution in [3.05, 3.63) is 21.9 Å². The average molecular weight is 309 g/mol. The minimum atomic E-state index is -0.437. The number of imide groups is 1. The fraction of sp³-hybridized carbons (Fsp3) is 0.600. The van der Waals surface area contributed by atoms with Crippen molar-refractivity contribution in [2.45, 2.75) is 45.7 Å². The van der Waals surface area contributed by atoms with Crippen molar-refractivity contribution >= 4 is 23.3 Å². The molecule has 0 radical (unpaired) electrons. The number of hydrogen-bond donors (Lipinski definition) is 2. The molecule has 5 nitrogen and oxygen atoms in total. The van der Waals surface area contributed by atoms with E-state index in [1.165, 1.54) is 10.4 Å². The van der Waals surface area contributed by atoms with Gasteiger partial charge in [-0.15, -0.1) is 11.3 Å². The summed E-state index contributed by atoms with van der Waals surface area (Å²) in [5.74, 6) is -0.262. The lowest BCUT2D eigenvalue weighted by atomic mass is 10.0. The van der Waals surface area contributed by atoms with Gasteiger partial charge in [0, 0.05) is 23.0 Å². The molecule has 1 aliphatic heterocycles. The molecule has 0 aliphatic carbocycles. The molecule has 0 saturated carbocycles. The molecule has 0 fully saturated rings. The Bertz CT molecular complexity index is 533. The van der Waals surface area contributed by atoms with Crippen molar-refractivity contribution < 1.29 is 9.59 Å². The molecule has 1 aromatic heterocycles. The number of carbonyl (C=O) groups excluding carboxylic acids is 2. The molecule has 1 atom stereocenters. The van der Waals surface area contributed by atoms with Crippen LogP contribution in [0.25, 0.3) is 0 Å². The molecule has 2 rings (SSSR count). The van der Waals surface area contributed by atoms with Gasteiger partial charge in [0.15, 0.2) is 0 Å². The normalized spacial score (nSPS) is 19.0. The second kappa shape index (κ2) is 6.15. The summed E-state index contributed by atoms with van der Waals surface area (Å²) in [5, 5.41) is 7.22. The molecule has 0 saturated heterocycles. The van der Waals surface area contributed by atoms with E-state index in [1.54, 1.807) is 11.3 Å². The van der Waals surface area contributed by atoms with Crippen molar-refractivity contribution in [3.63, 3.8) is 0 Å². The second-order valence-electron chi connectivity index (χ2n) is 6.45. The lowest BCUT2D eigenvalue weighted by molar-refractivity contribution is -0.121. The number of carbonyl (C=O) groups is 2. The van der Waals surface area contributed by atoms with Crippen LogP contribution in [-0.2, 0) is 11.2 Å². The molecule has 2 heterocycles. The summed E-state index contributed by atoms with van der Waals surface area (Å²) < 4.78 is 0. The lowest BCUT2D eigenvalue weighted by Gasteiger charge is -2.32. The van der Waals surface area contributed by atoms with Gasteiger partial charge in [0.1, 0.15) is 0 Å². The smallest absolute Gasteiger partial charge is 0.321 e. The van der Waals surface area contributed by atoms with Crippen LogP contribution in [0.15, 0.2) is 11.4 Å². The molecule has 1 aliphatic rings. The van der Waals surface area contributed by atoms with Crippen molar-refractivity contribution in [1.82, 2.24) is 15.5 Å². The quantitative estimate of drug-likeness (QED) is 0.881. The molecule has 2 N–H and O–H groups in total. The summed E-state index contributed by atoms with van der Waals surface area (Å²) in [7, 11) is 0. The third-order valence-electron chi connectivity index (χ3n) is 3.49. The van der Waals surface area contributed by atoms with Crippen LogP contribution in [0.2, 0.25) is 0 Å². The standard InChI is InChI=1S/C15H23N3O2S/c1-10-11-6-8-21-12(11)5-7-18(10)9-13(19)16-14(20)17-15(2,3)4/h6,8,10H,5,7,9H2,1-4H3,(H2,16,17,19,20)/t10-/m0/s1. The van der Waals surface area contributed by atoms with Crippen molar-refractivity contribution in [3.8, 4) is 0 Å². The minimum absolute atomic E-state index is 0.219. The highest BCUT2D eigenvalue weighted by atomic mass is 32.1. The van der Waals surface area contributed by atoms with Crippen LogP contribution in [0.5, 0.6) is 0 Å². The van der Waals surface area contributed by atoms with E-state index < -0.39 is 6.03 Å². The molecular formula is C15H23N3O2S. The molecule has 116 valence electrons. The van der Waals surface area contributed by atoms with Gasteiger partial charge >= 0.3 is 6.03 Å². The Hall–Kier alpha value is -1.40. The number of thiophene rings is 1. The molecule has 21 heavy (non-hydrogen) atoms. The highest BCUT2D eigenvalue weighted by Gasteiger charge is 2.26. The number of nitrogens with one attached hydrogen (secondary N) is 2. The monoisotopic (exact) mass is 309 g/mol. The van der Waals surface area contributed by atoms with Gasteiger partial charge in [-0.25, -0.2) is 4.79 Å². The summed E-state index contributed by atoms with van der Waals surface area (Å²) in [6.07, 6.45) is 0.971. The Morgan fingerprint density at radius 1 is 1.43 bits per heavy atom. The van der Waals surface area contributed by atoms with Crippen molar-refractivity contribution in [2.24, 2.45) is 0 Å². The summed E-state index contributed by atoms with van der Waals surface area (Å²) >= 11 is 1.78. The molecule has 1 aromatic rings. The molecule has 0 bridgehead atoms. The van der Waals surface area contributed by atoms with Crippen LogP contribution in [0, 0.1) is 0 Å². The molecule has 6 heteroatoms. The third-order valence-corrected chi connectivity index (χ3v) is 4.49. The second-order valence-corrected chi connectivity index (χ2v) is 7.45. The van der Waals surface area contributed by atoms with E-state index in [0.717, 1.165) is 13.0 Å². The van der Waals surface area contributed by atoms with Gasteiger partial charge in [0.05, 0.1) is 6.54 Å². The summed E-state index contributed by atoms with van der Waals surface area (Å²) in [5.41, 5.74) is 0.951. The number of hydrogen-bond acceptors (Lipinski definition) is 4. The van der Waals surface area contributed by atoms with E-state index >= 15 is 0 Å². The Kier molecular flexibility index (Phi) is 4.68. The predicted molar refractivity (Wildman–Crippen MR) is 84.4 cm³/mol. The SMILES string of the molecule is C[C@H]1c2ccsc2CCN1CC(=O)NC(=O)NC(C)(C)C. The number of fused-ring (bicyclic) bond motifs is 1. The van der Waals surface area contributed by atoms with Crippen LogP contribution in [0.4, 0.5) is 4.79 Å². The van der Waals surface area contributed by atoms with Gasteiger partial charge in [-0.3, -0.25) is 15.0 Å². The first kappa shape index (κ1) is 16.0. The highest BCUT2D eigenvalue weighted by Crippen LogP contribution is 2.32. The van der Waals surface area contributed by atoms with Crippen LogP contribution in [0.1, 0.15) is 44.2 Å². The lowest BCUT2D eigenvalue weighted by Crippen LogP contribution is -2.51. The molecule has 0 spiro atoms. The first-order valence-electron chi connectivity index (χ1n) is 7.18. The van der Waals surface area contributed by atoms with E-state index in [1.807, 2.05) is 20.8 Å². The van der Waals surface area contributed by atoms with Crippen LogP contribution < -0.4 is 10.6 Å². The van der Waals surface area contributed by atoms with Crippen LogP contribution in [0.3, 0.4) is 0 Å². The first-order chi connectivity index (χ1) is 9.76. The maximum Gasteiger partial charge on any atom is 0.321 e. The van der Waals surface area contributed by atoms with Gasteiger partial charge in [-0.1, -0.05) is 0 Å². The van der Waals surface area contributed by atoms with E-state index in [2.05, 4.69) is 33.9 Å². The fourth-order valence-electron chi connectivity index (χ4n) is 2.50. The number of rotatable bonds is 2. The van der Waals surface area contributed by atoms with E-state index in [4.69, 9.17) is 0 Å². The topological polar surface area (TPSA) is 61.4 Å². The summed E-state index contributed by atoms with van der Waals surface area (Å²) in [4.78, 5) is 27.2.